The summed E-state index contributed by atoms with van der Waals surface area (Å²) in [4.78, 5) is 23.3. The molecule has 2 aromatic carbocycles. The van der Waals surface area contributed by atoms with Crippen molar-refractivity contribution >= 4 is 23.2 Å². The highest BCUT2D eigenvalue weighted by molar-refractivity contribution is 5.94. The average molecular weight is 338 g/mol. The van der Waals surface area contributed by atoms with E-state index in [0.29, 0.717) is 11.4 Å². The van der Waals surface area contributed by atoms with Crippen molar-refractivity contribution in [3.63, 3.8) is 0 Å². The second kappa shape index (κ2) is 7.83. The first-order valence-electron chi connectivity index (χ1n) is 8.53. The van der Waals surface area contributed by atoms with E-state index in [1.54, 1.807) is 24.3 Å². The van der Waals surface area contributed by atoms with Crippen molar-refractivity contribution in [3.8, 4) is 5.75 Å². The lowest BCUT2D eigenvalue weighted by Crippen LogP contribution is -2.21. The van der Waals surface area contributed by atoms with Crippen LogP contribution in [0.5, 0.6) is 5.75 Å². The van der Waals surface area contributed by atoms with Gasteiger partial charge in [0.25, 0.3) is 5.91 Å². The van der Waals surface area contributed by atoms with E-state index in [4.69, 9.17) is 4.74 Å². The Morgan fingerprint density at radius 2 is 1.72 bits per heavy atom. The van der Waals surface area contributed by atoms with Gasteiger partial charge < -0.3 is 15.4 Å². The average Bonchev–Trinajstić information content (AvgIpc) is 2.59. The molecule has 0 unspecified atom stereocenters. The van der Waals surface area contributed by atoms with Gasteiger partial charge in [-0.25, -0.2) is 0 Å². The molecule has 5 heteroatoms. The van der Waals surface area contributed by atoms with Crippen molar-refractivity contribution in [1.29, 1.82) is 0 Å². The van der Waals surface area contributed by atoms with Crippen LogP contribution in [-0.2, 0) is 22.4 Å². The van der Waals surface area contributed by atoms with Gasteiger partial charge in [0.2, 0.25) is 5.91 Å². The maximum atomic E-state index is 12.2. The zero-order chi connectivity index (χ0) is 17.6. The number of rotatable bonds is 5. The molecule has 0 bridgehead atoms. The van der Waals surface area contributed by atoms with Crippen LogP contribution in [0.3, 0.4) is 0 Å². The van der Waals surface area contributed by atoms with E-state index in [2.05, 4.69) is 16.7 Å². The van der Waals surface area contributed by atoms with Gasteiger partial charge in [-0.05, 0) is 61.1 Å². The number of hydrogen-bond acceptors (Lipinski definition) is 3. The summed E-state index contributed by atoms with van der Waals surface area (Å²) in [6.07, 6.45) is 4.46. The summed E-state index contributed by atoms with van der Waals surface area (Å²) in [5.41, 5.74) is 3.82. The molecular weight excluding hydrogens is 316 g/mol. The second-order valence-corrected chi connectivity index (χ2v) is 6.20. The molecule has 2 N–H and O–H groups in total. The largest absolute Gasteiger partial charge is 0.483 e. The van der Waals surface area contributed by atoms with Crippen molar-refractivity contribution in [2.24, 2.45) is 0 Å². The van der Waals surface area contributed by atoms with Gasteiger partial charge in [-0.2, -0.15) is 0 Å². The van der Waals surface area contributed by atoms with E-state index in [-0.39, 0.29) is 18.4 Å². The number of carbonyl (C=O) groups excluding carboxylic acids is 2. The van der Waals surface area contributed by atoms with E-state index in [1.807, 2.05) is 12.1 Å². The Morgan fingerprint density at radius 3 is 2.52 bits per heavy atom. The molecule has 0 heterocycles. The summed E-state index contributed by atoms with van der Waals surface area (Å²) < 4.78 is 5.75. The quantitative estimate of drug-likeness (QED) is 0.876. The Labute approximate surface area is 147 Å². The number of aryl methyl sites for hydroxylation is 1. The van der Waals surface area contributed by atoms with Gasteiger partial charge in [0.15, 0.2) is 6.61 Å². The van der Waals surface area contributed by atoms with Crippen LogP contribution in [-0.4, -0.2) is 18.4 Å². The molecule has 0 aromatic heterocycles. The number of hydrogen-bond donors (Lipinski definition) is 2. The molecule has 0 aliphatic heterocycles. The number of amides is 2. The third-order valence-corrected chi connectivity index (χ3v) is 4.18. The molecule has 130 valence electrons. The van der Waals surface area contributed by atoms with E-state index in [0.717, 1.165) is 25.0 Å². The molecule has 0 spiro atoms. The fourth-order valence-corrected chi connectivity index (χ4v) is 3.10. The van der Waals surface area contributed by atoms with E-state index in [9.17, 15) is 9.59 Å². The topological polar surface area (TPSA) is 67.4 Å². The minimum absolute atomic E-state index is 0.0409. The van der Waals surface area contributed by atoms with Crippen LogP contribution in [0.2, 0.25) is 0 Å². The summed E-state index contributed by atoms with van der Waals surface area (Å²) >= 11 is 0. The summed E-state index contributed by atoms with van der Waals surface area (Å²) in [7, 11) is 0. The molecule has 5 nitrogen and oxygen atoms in total. The van der Waals surface area contributed by atoms with Gasteiger partial charge in [-0.15, -0.1) is 0 Å². The Bertz CT molecular complexity index is 786. The molecule has 0 fully saturated rings. The maximum absolute atomic E-state index is 12.2. The van der Waals surface area contributed by atoms with Crippen LogP contribution in [0.25, 0.3) is 0 Å². The molecule has 1 aliphatic carbocycles. The molecule has 25 heavy (non-hydrogen) atoms. The normalized spacial score (nSPS) is 12.8. The first-order chi connectivity index (χ1) is 12.1. The van der Waals surface area contributed by atoms with Crippen LogP contribution in [0.4, 0.5) is 11.4 Å². The molecular formula is C20H22N2O3. The minimum Gasteiger partial charge on any atom is -0.483 e. The van der Waals surface area contributed by atoms with E-state index < -0.39 is 0 Å². The molecule has 2 aromatic rings. The minimum atomic E-state index is -0.228. The SMILES string of the molecule is CC(=O)Nc1cccc(NC(=O)COc2cccc3c2CCCC3)c1. The number of fused-ring (bicyclic) bond motifs is 1. The zero-order valence-corrected chi connectivity index (χ0v) is 14.3. The molecule has 0 atom stereocenters. The molecule has 0 saturated heterocycles. The molecule has 3 rings (SSSR count). The van der Waals surface area contributed by atoms with Crippen LogP contribution in [0.1, 0.15) is 30.9 Å². The van der Waals surface area contributed by atoms with Gasteiger partial charge >= 0.3 is 0 Å². The first kappa shape index (κ1) is 17.0. The van der Waals surface area contributed by atoms with Crippen molar-refractivity contribution in [3.05, 3.63) is 53.6 Å². The van der Waals surface area contributed by atoms with Crippen molar-refractivity contribution in [2.75, 3.05) is 17.2 Å². The highest BCUT2D eigenvalue weighted by Gasteiger charge is 2.14. The number of benzene rings is 2. The van der Waals surface area contributed by atoms with E-state index >= 15 is 0 Å². The highest BCUT2D eigenvalue weighted by Crippen LogP contribution is 2.29. The van der Waals surface area contributed by atoms with Crippen molar-refractivity contribution in [1.82, 2.24) is 0 Å². The summed E-state index contributed by atoms with van der Waals surface area (Å²) in [5, 5.41) is 5.48. The highest BCUT2D eigenvalue weighted by atomic mass is 16.5. The summed E-state index contributed by atoms with van der Waals surface area (Å²) in [6, 6.07) is 13.1. The lowest BCUT2D eigenvalue weighted by atomic mass is 9.91. The third-order valence-electron chi connectivity index (χ3n) is 4.18. The summed E-state index contributed by atoms with van der Waals surface area (Å²) in [6.45, 7) is 1.40. The Balaban J connectivity index is 1.59. The fourth-order valence-electron chi connectivity index (χ4n) is 3.10. The van der Waals surface area contributed by atoms with Gasteiger partial charge in [-0.3, -0.25) is 9.59 Å². The monoisotopic (exact) mass is 338 g/mol. The van der Waals surface area contributed by atoms with Crippen molar-refractivity contribution < 1.29 is 14.3 Å². The first-order valence-corrected chi connectivity index (χ1v) is 8.53. The van der Waals surface area contributed by atoms with Crippen LogP contribution >= 0.6 is 0 Å². The van der Waals surface area contributed by atoms with Gasteiger partial charge in [0.1, 0.15) is 5.75 Å². The summed E-state index contributed by atoms with van der Waals surface area (Å²) in [5.74, 6) is 0.424. The number of nitrogens with one attached hydrogen (secondary N) is 2. The van der Waals surface area contributed by atoms with Crippen LogP contribution < -0.4 is 15.4 Å². The standard InChI is InChI=1S/C20H22N2O3/c1-14(23)21-16-8-5-9-17(12-16)22-20(24)13-25-19-11-4-7-15-6-2-3-10-18(15)19/h4-5,7-9,11-12H,2-3,6,10,13H2,1H3,(H,21,23)(H,22,24). The van der Waals surface area contributed by atoms with Crippen molar-refractivity contribution in [2.45, 2.75) is 32.6 Å². The second-order valence-electron chi connectivity index (χ2n) is 6.20. The molecule has 0 saturated carbocycles. The zero-order valence-electron chi connectivity index (χ0n) is 14.3. The Morgan fingerprint density at radius 1 is 1.00 bits per heavy atom. The smallest absolute Gasteiger partial charge is 0.262 e. The van der Waals surface area contributed by atoms with E-state index in [1.165, 1.54) is 24.5 Å². The number of anilines is 2. The lowest BCUT2D eigenvalue weighted by molar-refractivity contribution is -0.118. The predicted molar refractivity (Wildman–Crippen MR) is 98.0 cm³/mol. The fraction of sp³-hybridized carbons (Fsp3) is 0.300. The number of ether oxygens (including phenoxy) is 1. The third kappa shape index (κ3) is 4.59. The Kier molecular flexibility index (Phi) is 5.33. The van der Waals surface area contributed by atoms with Crippen LogP contribution in [0, 0.1) is 0 Å². The van der Waals surface area contributed by atoms with Gasteiger partial charge in [-0.1, -0.05) is 18.2 Å². The lowest BCUT2D eigenvalue weighted by Gasteiger charge is -2.19. The van der Waals surface area contributed by atoms with Gasteiger partial charge in [0, 0.05) is 18.3 Å². The maximum Gasteiger partial charge on any atom is 0.262 e. The molecule has 1 aliphatic rings. The van der Waals surface area contributed by atoms with Crippen LogP contribution in [0.15, 0.2) is 42.5 Å². The predicted octanol–water partition coefficient (Wildman–Crippen LogP) is 3.54. The molecule has 0 radical (unpaired) electrons. The Hall–Kier alpha value is -2.82. The number of carbonyl (C=O) groups is 2. The molecule has 2 amide bonds. The van der Waals surface area contributed by atoms with Gasteiger partial charge in [0.05, 0.1) is 0 Å².